The molecule has 0 radical (unpaired) electrons. The minimum absolute atomic E-state index is 0.459. The van der Waals surface area contributed by atoms with Gasteiger partial charge in [0.15, 0.2) is 0 Å². The van der Waals surface area contributed by atoms with Gasteiger partial charge >= 0.3 is 0 Å². The molecule has 1 N–H and O–H groups in total. The zero-order valence-electron chi connectivity index (χ0n) is 10.6. The van der Waals surface area contributed by atoms with Crippen molar-refractivity contribution in [3.8, 4) is 0 Å². The van der Waals surface area contributed by atoms with E-state index >= 15 is 0 Å². The lowest BCUT2D eigenvalue weighted by atomic mass is 10.1. The molecule has 1 aromatic heterocycles. The van der Waals surface area contributed by atoms with E-state index in [0.717, 1.165) is 24.5 Å². The lowest BCUT2D eigenvalue weighted by molar-refractivity contribution is 0.199. The molecule has 0 aliphatic carbocycles. The van der Waals surface area contributed by atoms with Crippen molar-refractivity contribution in [3.63, 3.8) is 0 Å². The Labute approximate surface area is 107 Å². The average molecular weight is 252 g/mol. The van der Waals surface area contributed by atoms with Gasteiger partial charge in [-0.3, -0.25) is 0 Å². The molecular weight excluding hydrogens is 232 g/mol. The number of thioether (sulfide) groups is 1. The van der Waals surface area contributed by atoms with Crippen molar-refractivity contribution < 1.29 is 5.11 Å². The molecule has 1 fully saturated rings. The van der Waals surface area contributed by atoms with Crippen molar-refractivity contribution in [2.45, 2.75) is 37.4 Å². The van der Waals surface area contributed by atoms with Gasteiger partial charge < -0.3 is 10.0 Å². The second kappa shape index (κ2) is 5.27. The number of rotatable bonds is 2. The van der Waals surface area contributed by atoms with Gasteiger partial charge in [-0.15, -0.1) is 0 Å². The standard InChI is InChI=1S/C13H20N2OS/c1-9-7-15(8-10(2)17-9)13-12(11(3)16)5-4-6-14-13/h4-6,9-11,16H,7-8H2,1-3H3/t9?,10?,11-/m0/s1. The topological polar surface area (TPSA) is 36.4 Å². The van der Waals surface area contributed by atoms with E-state index in [0.29, 0.717) is 10.5 Å². The van der Waals surface area contributed by atoms with Crippen molar-refractivity contribution in [1.82, 2.24) is 4.98 Å². The zero-order chi connectivity index (χ0) is 12.4. The molecule has 2 unspecified atom stereocenters. The Bertz CT molecular complexity index is 373. The van der Waals surface area contributed by atoms with Gasteiger partial charge in [0, 0.05) is 35.3 Å². The first-order valence-corrected chi connectivity index (χ1v) is 7.05. The minimum Gasteiger partial charge on any atom is -0.389 e. The quantitative estimate of drug-likeness (QED) is 0.877. The van der Waals surface area contributed by atoms with E-state index < -0.39 is 6.10 Å². The summed E-state index contributed by atoms with van der Waals surface area (Å²) in [5, 5.41) is 11.0. The van der Waals surface area contributed by atoms with E-state index in [4.69, 9.17) is 0 Å². The Morgan fingerprint density at radius 3 is 2.65 bits per heavy atom. The summed E-state index contributed by atoms with van der Waals surface area (Å²) >= 11 is 2.02. The van der Waals surface area contributed by atoms with Gasteiger partial charge in [0.25, 0.3) is 0 Å². The van der Waals surface area contributed by atoms with Crippen LogP contribution in [0.15, 0.2) is 18.3 Å². The number of pyridine rings is 1. The van der Waals surface area contributed by atoms with E-state index in [1.54, 1.807) is 13.1 Å². The summed E-state index contributed by atoms with van der Waals surface area (Å²) in [5.41, 5.74) is 0.929. The molecule has 3 nitrogen and oxygen atoms in total. The van der Waals surface area contributed by atoms with Crippen molar-refractivity contribution in [2.24, 2.45) is 0 Å². The van der Waals surface area contributed by atoms with Crippen LogP contribution in [0.2, 0.25) is 0 Å². The summed E-state index contributed by atoms with van der Waals surface area (Å²) in [6.45, 7) is 8.31. The van der Waals surface area contributed by atoms with Crippen LogP contribution in [0.4, 0.5) is 5.82 Å². The van der Waals surface area contributed by atoms with Crippen molar-refractivity contribution in [2.75, 3.05) is 18.0 Å². The first kappa shape index (κ1) is 12.7. The summed E-state index contributed by atoms with van der Waals surface area (Å²) in [7, 11) is 0. The van der Waals surface area contributed by atoms with E-state index in [2.05, 4.69) is 23.7 Å². The third-order valence-corrected chi connectivity index (χ3v) is 4.21. The van der Waals surface area contributed by atoms with E-state index in [9.17, 15) is 5.11 Å². The van der Waals surface area contributed by atoms with Crippen molar-refractivity contribution >= 4 is 17.6 Å². The first-order valence-electron chi connectivity index (χ1n) is 6.11. The van der Waals surface area contributed by atoms with Gasteiger partial charge in [-0.1, -0.05) is 19.9 Å². The third kappa shape index (κ3) is 2.93. The average Bonchev–Trinajstić information content (AvgIpc) is 2.27. The maximum Gasteiger partial charge on any atom is 0.134 e. The largest absolute Gasteiger partial charge is 0.389 e. The smallest absolute Gasteiger partial charge is 0.134 e. The molecule has 0 saturated carbocycles. The fourth-order valence-electron chi connectivity index (χ4n) is 2.35. The fourth-order valence-corrected chi connectivity index (χ4v) is 3.68. The maximum absolute atomic E-state index is 9.80. The molecular formula is C13H20N2OS. The number of aromatic nitrogens is 1. The zero-order valence-corrected chi connectivity index (χ0v) is 11.4. The molecule has 0 spiro atoms. The Morgan fingerprint density at radius 1 is 1.41 bits per heavy atom. The molecule has 2 heterocycles. The predicted molar refractivity (Wildman–Crippen MR) is 73.6 cm³/mol. The number of hydrogen-bond acceptors (Lipinski definition) is 4. The van der Waals surface area contributed by atoms with Crippen molar-refractivity contribution in [3.05, 3.63) is 23.9 Å². The highest BCUT2D eigenvalue weighted by molar-refractivity contribution is 8.00. The molecule has 1 aromatic rings. The lowest BCUT2D eigenvalue weighted by Gasteiger charge is -2.36. The lowest BCUT2D eigenvalue weighted by Crippen LogP contribution is -2.41. The van der Waals surface area contributed by atoms with E-state index in [-0.39, 0.29) is 0 Å². The number of anilines is 1. The monoisotopic (exact) mass is 252 g/mol. The highest BCUT2D eigenvalue weighted by Gasteiger charge is 2.25. The van der Waals surface area contributed by atoms with Gasteiger partial charge in [-0.2, -0.15) is 11.8 Å². The number of hydrogen-bond donors (Lipinski definition) is 1. The summed E-state index contributed by atoms with van der Waals surface area (Å²) in [5.74, 6) is 0.946. The van der Waals surface area contributed by atoms with Crippen LogP contribution in [-0.4, -0.2) is 33.7 Å². The first-order chi connectivity index (χ1) is 8.08. The van der Waals surface area contributed by atoms with Crippen LogP contribution in [-0.2, 0) is 0 Å². The molecule has 0 amide bonds. The Balaban J connectivity index is 2.27. The molecule has 17 heavy (non-hydrogen) atoms. The number of nitrogens with zero attached hydrogens (tertiary/aromatic N) is 2. The molecule has 4 heteroatoms. The maximum atomic E-state index is 9.80. The van der Waals surface area contributed by atoms with Gasteiger partial charge in [0.1, 0.15) is 5.82 Å². The van der Waals surface area contributed by atoms with Crippen LogP contribution < -0.4 is 4.90 Å². The Kier molecular flexibility index (Phi) is 3.94. The predicted octanol–water partition coefficient (Wildman–Crippen LogP) is 2.47. The molecule has 0 bridgehead atoms. The van der Waals surface area contributed by atoms with Gasteiger partial charge in [-0.05, 0) is 13.0 Å². The summed E-state index contributed by atoms with van der Waals surface area (Å²) in [4.78, 5) is 6.75. The minimum atomic E-state index is -0.459. The van der Waals surface area contributed by atoms with Crippen molar-refractivity contribution in [1.29, 1.82) is 0 Å². The second-order valence-electron chi connectivity index (χ2n) is 4.75. The Hall–Kier alpha value is -0.740. The normalized spacial score (nSPS) is 26.9. The van der Waals surface area contributed by atoms with Crippen LogP contribution in [0.3, 0.4) is 0 Å². The highest BCUT2D eigenvalue weighted by Crippen LogP contribution is 2.31. The van der Waals surface area contributed by atoms with E-state index in [1.807, 2.05) is 23.9 Å². The molecule has 0 aromatic carbocycles. The fraction of sp³-hybridized carbons (Fsp3) is 0.615. The van der Waals surface area contributed by atoms with Crippen LogP contribution in [0.25, 0.3) is 0 Å². The molecule has 1 saturated heterocycles. The molecule has 3 atom stereocenters. The highest BCUT2D eigenvalue weighted by atomic mass is 32.2. The molecule has 94 valence electrons. The second-order valence-corrected chi connectivity index (χ2v) is 6.64. The van der Waals surface area contributed by atoms with E-state index in [1.165, 1.54) is 0 Å². The van der Waals surface area contributed by atoms with Gasteiger partial charge in [0.05, 0.1) is 6.10 Å². The molecule has 1 aliphatic rings. The Morgan fingerprint density at radius 2 is 2.06 bits per heavy atom. The SMILES string of the molecule is CC1CN(c2ncccc2[C@H](C)O)CC(C)S1. The van der Waals surface area contributed by atoms with Crippen LogP contribution in [0.1, 0.15) is 32.4 Å². The number of aliphatic hydroxyl groups is 1. The van der Waals surface area contributed by atoms with Gasteiger partial charge in [0.2, 0.25) is 0 Å². The van der Waals surface area contributed by atoms with Crippen LogP contribution in [0, 0.1) is 0 Å². The summed E-state index contributed by atoms with van der Waals surface area (Å²) < 4.78 is 0. The number of aliphatic hydroxyl groups excluding tert-OH is 1. The summed E-state index contributed by atoms with van der Waals surface area (Å²) in [6, 6.07) is 3.85. The summed E-state index contributed by atoms with van der Waals surface area (Å²) in [6.07, 6.45) is 1.34. The third-order valence-electron chi connectivity index (χ3n) is 2.99. The van der Waals surface area contributed by atoms with Gasteiger partial charge in [-0.25, -0.2) is 4.98 Å². The molecule has 2 rings (SSSR count). The van der Waals surface area contributed by atoms with Crippen LogP contribution >= 0.6 is 11.8 Å². The van der Waals surface area contributed by atoms with Crippen LogP contribution in [0.5, 0.6) is 0 Å². The molecule has 1 aliphatic heterocycles.